The lowest BCUT2D eigenvalue weighted by Crippen LogP contribution is -2.16. The Morgan fingerprint density at radius 2 is 1.95 bits per heavy atom. The fraction of sp³-hybridized carbons (Fsp3) is 0.143. The van der Waals surface area contributed by atoms with Gasteiger partial charge < -0.3 is 10.4 Å². The summed E-state index contributed by atoms with van der Waals surface area (Å²) < 4.78 is 27.7. The average Bonchev–Trinajstić information content (AvgIpc) is 2.39. The van der Waals surface area contributed by atoms with E-state index in [0.717, 1.165) is 22.7 Å². The van der Waals surface area contributed by atoms with Crippen LogP contribution >= 0.6 is 15.9 Å². The van der Waals surface area contributed by atoms with Gasteiger partial charge >= 0.3 is 0 Å². The Bertz CT molecular complexity index is 577. The van der Waals surface area contributed by atoms with Crippen LogP contribution in [0.15, 0.2) is 46.9 Å². The van der Waals surface area contributed by atoms with Crippen LogP contribution in [0.1, 0.15) is 11.6 Å². The van der Waals surface area contributed by atoms with Gasteiger partial charge in [-0.3, -0.25) is 0 Å². The van der Waals surface area contributed by atoms with Gasteiger partial charge in [0, 0.05) is 15.7 Å². The molecule has 0 fully saturated rings. The number of halogens is 3. The van der Waals surface area contributed by atoms with E-state index >= 15 is 0 Å². The fourth-order valence-corrected chi connectivity index (χ4v) is 2.18. The third-order valence-corrected chi connectivity index (χ3v) is 3.17. The van der Waals surface area contributed by atoms with Crippen LogP contribution in [0, 0.1) is 11.6 Å². The third-order valence-electron chi connectivity index (χ3n) is 2.68. The SMILES string of the molecule is OCC(Nc1cccc(Br)c1)c1cc(F)ccc1F. The topological polar surface area (TPSA) is 32.3 Å². The van der Waals surface area contributed by atoms with Crippen LogP contribution in [0.2, 0.25) is 0 Å². The van der Waals surface area contributed by atoms with Crippen LogP contribution < -0.4 is 5.32 Å². The van der Waals surface area contributed by atoms with Gasteiger partial charge in [0.1, 0.15) is 11.6 Å². The van der Waals surface area contributed by atoms with Crippen LogP contribution in [0.3, 0.4) is 0 Å². The maximum Gasteiger partial charge on any atom is 0.128 e. The van der Waals surface area contributed by atoms with Gasteiger partial charge in [0.05, 0.1) is 12.6 Å². The molecule has 2 aromatic carbocycles. The predicted octanol–water partition coefficient (Wildman–Crippen LogP) is 3.87. The Kier molecular flexibility index (Phi) is 4.50. The minimum Gasteiger partial charge on any atom is -0.394 e. The third kappa shape index (κ3) is 3.52. The van der Waals surface area contributed by atoms with Crippen LogP contribution in [-0.2, 0) is 0 Å². The molecule has 0 bridgehead atoms. The molecule has 0 heterocycles. The van der Waals surface area contributed by atoms with Crippen molar-refractivity contribution in [2.75, 3.05) is 11.9 Å². The minimum absolute atomic E-state index is 0.0995. The first-order valence-corrected chi connectivity index (χ1v) is 6.47. The summed E-state index contributed by atoms with van der Waals surface area (Å²) in [5.41, 5.74) is 0.805. The molecule has 0 saturated heterocycles. The summed E-state index contributed by atoms with van der Waals surface area (Å²) >= 11 is 3.32. The van der Waals surface area contributed by atoms with Gasteiger partial charge in [0.25, 0.3) is 0 Å². The lowest BCUT2D eigenvalue weighted by atomic mass is 10.1. The standard InChI is InChI=1S/C14H12BrF2NO/c15-9-2-1-3-11(6-9)18-14(8-19)12-7-10(16)4-5-13(12)17/h1-7,14,18-19H,8H2. The van der Waals surface area contributed by atoms with Gasteiger partial charge in [-0.1, -0.05) is 22.0 Å². The number of anilines is 1. The summed E-state index contributed by atoms with van der Waals surface area (Å²) in [6, 6.07) is 9.71. The zero-order valence-electron chi connectivity index (χ0n) is 9.91. The number of aliphatic hydroxyl groups excluding tert-OH is 1. The van der Waals surface area contributed by atoms with Crippen molar-refractivity contribution in [3.05, 3.63) is 64.1 Å². The lowest BCUT2D eigenvalue weighted by Gasteiger charge is -2.19. The molecule has 0 spiro atoms. The summed E-state index contributed by atoms with van der Waals surface area (Å²) in [5, 5.41) is 12.3. The summed E-state index contributed by atoms with van der Waals surface area (Å²) in [7, 11) is 0. The quantitative estimate of drug-likeness (QED) is 0.893. The molecular weight excluding hydrogens is 316 g/mol. The van der Waals surface area contributed by atoms with E-state index in [0.29, 0.717) is 5.69 Å². The van der Waals surface area contributed by atoms with Crippen LogP contribution in [-0.4, -0.2) is 11.7 Å². The van der Waals surface area contributed by atoms with Crippen LogP contribution in [0.4, 0.5) is 14.5 Å². The molecule has 5 heteroatoms. The molecule has 1 atom stereocenters. The molecule has 0 radical (unpaired) electrons. The highest BCUT2D eigenvalue weighted by molar-refractivity contribution is 9.10. The number of hydrogen-bond donors (Lipinski definition) is 2. The van der Waals surface area contributed by atoms with Crippen molar-refractivity contribution in [3.8, 4) is 0 Å². The molecule has 0 aromatic heterocycles. The molecule has 2 N–H and O–H groups in total. The molecule has 1 unspecified atom stereocenters. The maximum atomic E-state index is 13.7. The minimum atomic E-state index is -0.704. The van der Waals surface area contributed by atoms with Crippen LogP contribution in [0.25, 0.3) is 0 Å². The van der Waals surface area contributed by atoms with Crippen LogP contribution in [0.5, 0.6) is 0 Å². The Labute approximate surface area is 118 Å². The van der Waals surface area contributed by atoms with Gasteiger partial charge in [-0.05, 0) is 36.4 Å². The summed E-state index contributed by atoms with van der Waals surface area (Å²) in [6.07, 6.45) is 0. The largest absolute Gasteiger partial charge is 0.394 e. The molecule has 2 rings (SSSR count). The molecule has 0 amide bonds. The lowest BCUT2D eigenvalue weighted by molar-refractivity contribution is 0.273. The van der Waals surface area contributed by atoms with Gasteiger partial charge in [-0.25, -0.2) is 8.78 Å². The van der Waals surface area contributed by atoms with Crippen molar-refractivity contribution >= 4 is 21.6 Å². The first-order chi connectivity index (χ1) is 9.10. The van der Waals surface area contributed by atoms with E-state index in [-0.39, 0.29) is 12.2 Å². The highest BCUT2D eigenvalue weighted by atomic mass is 79.9. The first kappa shape index (κ1) is 14.0. The van der Waals surface area contributed by atoms with E-state index in [9.17, 15) is 13.9 Å². The van der Waals surface area contributed by atoms with Gasteiger partial charge in [-0.2, -0.15) is 0 Å². The smallest absolute Gasteiger partial charge is 0.128 e. The second-order valence-corrected chi connectivity index (χ2v) is 4.97. The van der Waals surface area contributed by atoms with Crippen molar-refractivity contribution in [2.24, 2.45) is 0 Å². The van der Waals surface area contributed by atoms with E-state index in [1.807, 2.05) is 12.1 Å². The number of nitrogens with one attached hydrogen (secondary N) is 1. The monoisotopic (exact) mass is 327 g/mol. The van der Waals surface area contributed by atoms with Crippen molar-refractivity contribution in [2.45, 2.75) is 6.04 Å². The molecule has 100 valence electrons. The maximum absolute atomic E-state index is 13.7. The summed E-state index contributed by atoms with van der Waals surface area (Å²) in [5.74, 6) is -1.09. The zero-order chi connectivity index (χ0) is 13.8. The molecule has 19 heavy (non-hydrogen) atoms. The Balaban J connectivity index is 2.27. The number of hydrogen-bond acceptors (Lipinski definition) is 2. The molecule has 2 aromatic rings. The molecule has 0 aliphatic rings. The first-order valence-electron chi connectivity index (χ1n) is 5.68. The van der Waals surface area contributed by atoms with E-state index in [4.69, 9.17) is 0 Å². The summed E-state index contributed by atoms with van der Waals surface area (Å²) in [4.78, 5) is 0. The summed E-state index contributed by atoms with van der Waals surface area (Å²) in [6.45, 7) is -0.340. The fourth-order valence-electron chi connectivity index (χ4n) is 1.78. The van der Waals surface area contributed by atoms with Gasteiger partial charge in [-0.15, -0.1) is 0 Å². The molecular formula is C14H12BrF2NO. The van der Waals surface area contributed by atoms with Crippen molar-refractivity contribution in [1.29, 1.82) is 0 Å². The average molecular weight is 328 g/mol. The second-order valence-electron chi connectivity index (χ2n) is 4.06. The van der Waals surface area contributed by atoms with E-state index in [2.05, 4.69) is 21.2 Å². The van der Waals surface area contributed by atoms with Gasteiger partial charge in [0.2, 0.25) is 0 Å². The van der Waals surface area contributed by atoms with Gasteiger partial charge in [0.15, 0.2) is 0 Å². The molecule has 0 saturated carbocycles. The molecule has 2 nitrogen and oxygen atoms in total. The van der Waals surface area contributed by atoms with E-state index in [1.54, 1.807) is 12.1 Å². The van der Waals surface area contributed by atoms with E-state index in [1.165, 1.54) is 0 Å². The zero-order valence-corrected chi connectivity index (χ0v) is 11.5. The number of rotatable bonds is 4. The highest BCUT2D eigenvalue weighted by Crippen LogP contribution is 2.24. The Morgan fingerprint density at radius 3 is 2.63 bits per heavy atom. The molecule has 0 aliphatic carbocycles. The number of aliphatic hydroxyl groups is 1. The van der Waals surface area contributed by atoms with Crippen molar-refractivity contribution in [1.82, 2.24) is 0 Å². The normalized spacial score (nSPS) is 12.2. The van der Waals surface area contributed by atoms with E-state index < -0.39 is 17.7 Å². The highest BCUT2D eigenvalue weighted by Gasteiger charge is 2.15. The predicted molar refractivity (Wildman–Crippen MR) is 73.9 cm³/mol. The number of benzene rings is 2. The Morgan fingerprint density at radius 1 is 1.16 bits per heavy atom. The molecule has 0 aliphatic heterocycles. The second kappa shape index (κ2) is 6.12. The van der Waals surface area contributed by atoms with Crippen molar-refractivity contribution in [3.63, 3.8) is 0 Å². The Hall–Kier alpha value is -1.46. The van der Waals surface area contributed by atoms with Crippen molar-refractivity contribution < 1.29 is 13.9 Å².